The van der Waals surface area contributed by atoms with Crippen LogP contribution >= 0.6 is 0 Å². The first-order chi connectivity index (χ1) is 7.67. The molecular formula is C10H14O6W-2. The fourth-order valence-corrected chi connectivity index (χ4v) is 0.572. The summed E-state index contributed by atoms with van der Waals surface area (Å²) in [6.45, 7) is 5.39. The molecule has 0 aliphatic rings. The molecule has 6 nitrogen and oxygen atoms in total. The number of carbonyl (C=O) groups excluding carboxylic acids is 4. The van der Waals surface area contributed by atoms with Gasteiger partial charge in [-0.05, 0) is 27.7 Å². The quantitative estimate of drug-likeness (QED) is 0.491. The molecule has 0 aromatic carbocycles. The van der Waals surface area contributed by atoms with E-state index in [9.17, 15) is 19.2 Å². The van der Waals surface area contributed by atoms with E-state index >= 15 is 0 Å². The molecule has 0 aliphatic heterocycles. The van der Waals surface area contributed by atoms with Crippen LogP contribution in [0.25, 0.3) is 0 Å². The van der Waals surface area contributed by atoms with Gasteiger partial charge in [0.15, 0.2) is 0 Å². The van der Waals surface area contributed by atoms with E-state index in [0.717, 1.165) is 12.8 Å². The van der Waals surface area contributed by atoms with Gasteiger partial charge in [-0.15, -0.1) is 0 Å². The molecule has 0 aromatic rings. The molecule has 0 saturated heterocycles. The predicted octanol–water partition coefficient (Wildman–Crippen LogP) is 0.497. The first kappa shape index (κ1) is 21.0. The van der Waals surface area contributed by atoms with Crippen LogP contribution in [0.5, 0.6) is 0 Å². The molecule has 0 radical (unpaired) electrons. The van der Waals surface area contributed by atoms with Gasteiger partial charge in [-0.2, -0.15) is 0 Å². The van der Waals surface area contributed by atoms with Crippen LogP contribution in [0, 0.1) is 12.8 Å². The Morgan fingerprint density at radius 3 is 0.765 bits per heavy atom. The molecule has 0 spiro atoms. The maximum absolute atomic E-state index is 9.98. The van der Waals surface area contributed by atoms with Crippen LogP contribution in [0.4, 0.5) is 0 Å². The van der Waals surface area contributed by atoms with Crippen molar-refractivity contribution >= 4 is 23.1 Å². The van der Waals surface area contributed by atoms with E-state index in [1.807, 2.05) is 0 Å². The Morgan fingerprint density at radius 2 is 0.765 bits per heavy atom. The first-order valence-corrected chi connectivity index (χ1v) is 6.70. The van der Waals surface area contributed by atoms with Crippen molar-refractivity contribution in [3.05, 3.63) is 12.8 Å². The SMILES string of the molecule is CC(=O)[CH-]C(C)=O.CC(=O)[CH-]C(C)=O.[O]=[W]=[O]. The predicted molar refractivity (Wildman–Crippen MR) is 52.7 cm³/mol. The zero-order valence-electron chi connectivity index (χ0n) is 10.0. The summed E-state index contributed by atoms with van der Waals surface area (Å²) in [7, 11) is 0. The van der Waals surface area contributed by atoms with Gasteiger partial charge in [0, 0.05) is 23.1 Å². The van der Waals surface area contributed by atoms with E-state index in [2.05, 4.69) is 0 Å². The van der Waals surface area contributed by atoms with Gasteiger partial charge in [0.05, 0.1) is 0 Å². The summed E-state index contributed by atoms with van der Waals surface area (Å²) < 4.78 is 17.1. The second-order valence-corrected chi connectivity index (χ2v) is 3.29. The molecule has 17 heavy (non-hydrogen) atoms. The molecule has 98 valence electrons. The molecule has 0 heterocycles. The summed E-state index contributed by atoms with van der Waals surface area (Å²) in [6, 6.07) is 0. The molecule has 0 unspecified atom stereocenters. The number of Topliss-reactive ketones (excluding diaryl/α,β-unsaturated/α-hetero) is 4. The van der Waals surface area contributed by atoms with E-state index in [1.54, 1.807) is 0 Å². The topological polar surface area (TPSA) is 102 Å². The Morgan fingerprint density at radius 1 is 0.647 bits per heavy atom. The van der Waals surface area contributed by atoms with E-state index < -0.39 is 18.5 Å². The van der Waals surface area contributed by atoms with Crippen molar-refractivity contribution in [3.63, 3.8) is 0 Å². The minimum atomic E-state index is -2.25. The van der Waals surface area contributed by atoms with Crippen molar-refractivity contribution in [2.45, 2.75) is 27.7 Å². The van der Waals surface area contributed by atoms with Gasteiger partial charge < -0.3 is 19.2 Å². The zero-order valence-corrected chi connectivity index (χ0v) is 12.9. The van der Waals surface area contributed by atoms with Crippen LogP contribution in [0.2, 0.25) is 0 Å². The van der Waals surface area contributed by atoms with Gasteiger partial charge >= 0.3 is 25.3 Å². The van der Waals surface area contributed by atoms with Crippen LogP contribution in [0.3, 0.4) is 0 Å². The fraction of sp³-hybridized carbons (Fsp3) is 0.400. The fourth-order valence-electron chi connectivity index (χ4n) is 0.572. The van der Waals surface area contributed by atoms with Crippen molar-refractivity contribution in [1.82, 2.24) is 0 Å². The molecule has 0 N–H and O–H groups in total. The second-order valence-electron chi connectivity index (χ2n) is 2.80. The third-order valence-corrected chi connectivity index (χ3v) is 0.813. The monoisotopic (exact) mass is 414 g/mol. The number of hydrogen-bond donors (Lipinski definition) is 0. The van der Waals surface area contributed by atoms with Gasteiger partial charge in [0.2, 0.25) is 0 Å². The standard InChI is InChI=1S/2C5H7O2.2O.W/c2*1-4(6)3-5(2)7;;;/h2*3H,1-2H3;;;/q2*-1;;;. The van der Waals surface area contributed by atoms with Crippen LogP contribution < -0.4 is 0 Å². The van der Waals surface area contributed by atoms with Crippen LogP contribution in [0.15, 0.2) is 0 Å². The zero-order chi connectivity index (χ0) is 14.4. The molecule has 0 aromatic heterocycles. The molecule has 0 rings (SSSR count). The van der Waals surface area contributed by atoms with E-state index in [-0.39, 0.29) is 23.1 Å². The van der Waals surface area contributed by atoms with Crippen molar-refractivity contribution in [2.75, 3.05) is 0 Å². The third-order valence-electron chi connectivity index (χ3n) is 0.813. The Bertz CT molecular complexity index is 265. The van der Waals surface area contributed by atoms with Crippen LogP contribution in [0.1, 0.15) is 27.7 Å². The van der Waals surface area contributed by atoms with Gasteiger partial charge in [-0.25, -0.2) is 0 Å². The average Bonchev–Trinajstić information content (AvgIpc) is 1.99. The molecule has 0 fully saturated rings. The molecule has 0 saturated carbocycles. The van der Waals surface area contributed by atoms with Gasteiger partial charge in [-0.1, -0.05) is 0 Å². The van der Waals surface area contributed by atoms with Crippen molar-refractivity contribution in [1.29, 1.82) is 0 Å². The second kappa shape index (κ2) is 14.7. The summed E-state index contributed by atoms with van der Waals surface area (Å²) in [5.74, 6) is -0.750. The van der Waals surface area contributed by atoms with Gasteiger partial charge in [-0.3, -0.25) is 12.8 Å². The number of rotatable bonds is 4. The van der Waals surface area contributed by atoms with Crippen LogP contribution in [-0.2, 0) is 44.5 Å². The molecule has 0 atom stereocenters. The Balaban J connectivity index is -0.000000188. The normalized spacial score (nSPS) is 7.06. The van der Waals surface area contributed by atoms with Crippen molar-refractivity contribution in [3.8, 4) is 0 Å². The van der Waals surface area contributed by atoms with Crippen molar-refractivity contribution in [2.24, 2.45) is 0 Å². The summed E-state index contributed by atoms with van der Waals surface area (Å²) in [5.41, 5.74) is 0. The maximum atomic E-state index is 9.98. The molecule has 0 amide bonds. The van der Waals surface area contributed by atoms with Gasteiger partial charge in [0.1, 0.15) is 0 Å². The number of carbonyl (C=O) groups is 4. The summed E-state index contributed by atoms with van der Waals surface area (Å²) in [6.07, 6.45) is 2.11. The van der Waals surface area contributed by atoms with Crippen LogP contribution in [-0.4, -0.2) is 23.1 Å². The van der Waals surface area contributed by atoms with E-state index in [4.69, 9.17) is 6.80 Å². The number of hydrogen-bond acceptors (Lipinski definition) is 6. The minimum absolute atomic E-state index is 0.187. The molecule has 0 aliphatic carbocycles. The Hall–Kier alpha value is -1.29. The average molecular weight is 414 g/mol. The van der Waals surface area contributed by atoms with E-state index in [0.29, 0.717) is 0 Å². The molecule has 0 bridgehead atoms. The summed E-state index contributed by atoms with van der Waals surface area (Å²) in [5, 5.41) is 0. The molecular weight excluding hydrogens is 400 g/mol. The Labute approximate surface area is 108 Å². The third kappa shape index (κ3) is 52.8. The van der Waals surface area contributed by atoms with E-state index in [1.165, 1.54) is 27.7 Å². The first-order valence-electron chi connectivity index (χ1n) is 4.30. The summed E-state index contributed by atoms with van der Waals surface area (Å²) >= 11 is -2.25. The Kier molecular flexibility index (Phi) is 18.2. The van der Waals surface area contributed by atoms with Crippen molar-refractivity contribution < 1.29 is 44.5 Å². The van der Waals surface area contributed by atoms with Gasteiger partial charge in [0.25, 0.3) is 0 Å². The molecule has 7 heteroatoms. The summed E-state index contributed by atoms with van der Waals surface area (Å²) in [4.78, 5) is 39.9. The number of ketones is 4.